The Balaban J connectivity index is 0. The van der Waals surface area contributed by atoms with Crippen LogP contribution in [0, 0.1) is 35.6 Å². The predicted octanol–water partition coefficient (Wildman–Crippen LogP) is 1.54. The Morgan fingerprint density at radius 3 is 1.41 bits per heavy atom. The first-order chi connectivity index (χ1) is 14.6. The summed E-state index contributed by atoms with van der Waals surface area (Å²) in [4.78, 5) is 64.4. The number of rotatable bonds is 11. The minimum atomic E-state index is -3.14. The van der Waals surface area contributed by atoms with Crippen molar-refractivity contribution >= 4 is 51.0 Å². The molecular weight excluding hydrogens is 574 g/mol. The fourth-order valence-electron chi connectivity index (χ4n) is 2.21. The maximum atomic E-state index is 11.5. The van der Waals surface area contributed by atoms with Crippen molar-refractivity contribution in [3.05, 3.63) is 0 Å². The van der Waals surface area contributed by atoms with Gasteiger partial charge in [-0.05, 0) is 38.5 Å². The quantitative estimate of drug-likeness (QED) is 0.229. The van der Waals surface area contributed by atoms with Crippen molar-refractivity contribution in [2.45, 2.75) is 77.0 Å². The van der Waals surface area contributed by atoms with E-state index < -0.39 is 51.0 Å². The third-order valence-electron chi connectivity index (χ3n) is 3.75. The van der Waals surface area contributed by atoms with E-state index in [0.717, 1.165) is 0 Å². The molecule has 0 bridgehead atoms. The third-order valence-corrected chi connectivity index (χ3v) is 5.11. The molecule has 0 aromatic heterocycles. The van der Waals surface area contributed by atoms with E-state index in [9.17, 15) is 28.8 Å². The Labute approximate surface area is 218 Å². The first kappa shape index (κ1) is 32.7. The SMILES string of the molecule is O=C(O)CCCCC(=O)O.O=C(O)CCCCC(=O)[O][Al]1[O]C(=O)CCCCC(=O)[O]1.[La]. The summed E-state index contributed by atoms with van der Waals surface area (Å²) in [5.74, 6) is -4.41. The summed E-state index contributed by atoms with van der Waals surface area (Å²) in [7, 11) is 0. The molecule has 1 fully saturated rings. The molecule has 1 radical (unpaired) electrons. The number of hydrogen-bond donors (Lipinski definition) is 3. The Hall–Kier alpha value is -1.45. The van der Waals surface area contributed by atoms with Gasteiger partial charge in [-0.25, -0.2) is 0 Å². The molecule has 1 aliphatic heterocycles. The number of unbranched alkanes of at least 4 members (excludes halogenated alkanes) is 2. The molecule has 14 heteroatoms. The van der Waals surface area contributed by atoms with Gasteiger partial charge in [-0.15, -0.1) is 0 Å². The largest absolute Gasteiger partial charge is 1.20 e. The van der Waals surface area contributed by atoms with Gasteiger partial charge in [0, 0.05) is 74.1 Å². The zero-order chi connectivity index (χ0) is 23.6. The second-order valence-electron chi connectivity index (χ2n) is 6.56. The standard InChI is InChI=1S/3C6H10O4.Al.La/c3*7-5(8)3-1-2-4-6(9)10;;/h3*1-4H2,(H,7,8)(H,9,10);;/q;;;+3;/p-3. The molecule has 0 aliphatic carbocycles. The molecule has 3 N–H and O–H groups in total. The molecule has 0 saturated carbocycles. The fraction of sp³-hybridized carbons (Fsp3) is 0.667. The first-order valence-electron chi connectivity index (χ1n) is 9.84. The number of carbonyl (C=O) groups excluding carboxylic acids is 3. The molecule has 0 atom stereocenters. The molecule has 1 saturated heterocycles. The van der Waals surface area contributed by atoms with Gasteiger partial charge in [0.15, 0.2) is 0 Å². The summed E-state index contributed by atoms with van der Waals surface area (Å²) in [5, 5.41) is 24.7. The number of hydrogen-bond acceptors (Lipinski definition) is 9. The topological polar surface area (TPSA) is 191 Å². The zero-order valence-corrected chi connectivity index (χ0v) is 22.4. The number of aliphatic carboxylic acids is 3. The molecule has 0 unspecified atom stereocenters. The van der Waals surface area contributed by atoms with Gasteiger partial charge in [0.2, 0.25) is 0 Å². The predicted molar refractivity (Wildman–Crippen MR) is 102 cm³/mol. The van der Waals surface area contributed by atoms with Crippen LogP contribution in [0.2, 0.25) is 0 Å². The summed E-state index contributed by atoms with van der Waals surface area (Å²) in [6, 6.07) is 0. The Bertz CT molecular complexity index is 603. The molecule has 0 aromatic carbocycles. The molecule has 177 valence electrons. The first-order valence-corrected chi connectivity index (χ1v) is 11.3. The normalized spacial score (nSPS) is 13.4. The van der Waals surface area contributed by atoms with Gasteiger partial charge < -0.3 is 26.7 Å². The van der Waals surface area contributed by atoms with Gasteiger partial charge in [0.25, 0.3) is 17.9 Å². The summed E-state index contributed by atoms with van der Waals surface area (Å²) < 4.78 is 14.7. The van der Waals surface area contributed by atoms with Crippen LogP contribution in [0.5, 0.6) is 0 Å². The van der Waals surface area contributed by atoms with E-state index in [0.29, 0.717) is 38.5 Å². The summed E-state index contributed by atoms with van der Waals surface area (Å²) in [5.41, 5.74) is 0. The Morgan fingerprint density at radius 1 is 0.719 bits per heavy atom. The van der Waals surface area contributed by atoms with Crippen LogP contribution in [0.4, 0.5) is 0 Å². The summed E-state index contributed by atoms with van der Waals surface area (Å²) in [6.07, 6.45) is 3.04. The number of carboxylic acid groups (broad SMARTS) is 3. The zero-order valence-electron chi connectivity index (χ0n) is 17.7. The van der Waals surface area contributed by atoms with E-state index in [2.05, 4.69) is 0 Å². The van der Waals surface area contributed by atoms with Crippen LogP contribution >= 0.6 is 0 Å². The Morgan fingerprint density at radius 2 is 1.06 bits per heavy atom. The number of carboxylic acids is 3. The van der Waals surface area contributed by atoms with E-state index in [1.807, 2.05) is 0 Å². The minimum absolute atomic E-state index is 0. The molecule has 0 aromatic rings. The van der Waals surface area contributed by atoms with Gasteiger partial charge in [0.1, 0.15) is 0 Å². The van der Waals surface area contributed by atoms with E-state index >= 15 is 0 Å². The molecule has 1 rings (SSSR count). The van der Waals surface area contributed by atoms with E-state index in [1.165, 1.54) is 0 Å². The monoisotopic (exact) mass is 601 g/mol. The van der Waals surface area contributed by atoms with Crippen LogP contribution in [0.3, 0.4) is 0 Å². The second-order valence-corrected chi connectivity index (χ2v) is 7.85. The van der Waals surface area contributed by atoms with E-state index in [-0.39, 0.29) is 74.1 Å². The molecule has 0 amide bonds. The maximum Gasteiger partial charge on any atom is 1.20 e. The van der Waals surface area contributed by atoms with Crippen molar-refractivity contribution in [1.29, 1.82) is 0 Å². The Kier molecular flexibility index (Phi) is 20.6. The fourth-order valence-corrected chi connectivity index (χ4v) is 3.35. The average Bonchev–Trinajstić information content (AvgIpc) is 2.73. The third kappa shape index (κ3) is 21.8. The summed E-state index contributed by atoms with van der Waals surface area (Å²) >= 11 is -3.14. The number of carbonyl (C=O) groups is 6. The van der Waals surface area contributed by atoms with Crippen LogP contribution in [-0.2, 0) is 40.1 Å². The van der Waals surface area contributed by atoms with E-state index in [1.54, 1.807) is 0 Å². The van der Waals surface area contributed by atoms with Crippen LogP contribution in [0.25, 0.3) is 0 Å². The van der Waals surface area contributed by atoms with Crippen molar-refractivity contribution in [2.75, 3.05) is 0 Å². The van der Waals surface area contributed by atoms with Crippen molar-refractivity contribution in [1.82, 2.24) is 0 Å². The average molecular weight is 601 g/mol. The molecule has 1 heterocycles. The van der Waals surface area contributed by atoms with Crippen molar-refractivity contribution in [2.24, 2.45) is 0 Å². The van der Waals surface area contributed by atoms with Gasteiger partial charge >= 0.3 is 33.1 Å². The van der Waals surface area contributed by atoms with Crippen molar-refractivity contribution < 1.29 is 91.1 Å². The van der Waals surface area contributed by atoms with Gasteiger partial charge in [-0.2, -0.15) is 0 Å². The van der Waals surface area contributed by atoms with Crippen molar-refractivity contribution in [3.8, 4) is 0 Å². The molecule has 0 spiro atoms. The van der Waals surface area contributed by atoms with Crippen LogP contribution in [-0.4, -0.2) is 66.3 Å². The van der Waals surface area contributed by atoms with Crippen molar-refractivity contribution in [3.63, 3.8) is 0 Å². The van der Waals surface area contributed by atoms with E-state index in [4.69, 9.17) is 26.7 Å². The van der Waals surface area contributed by atoms with Crippen LogP contribution in [0.1, 0.15) is 77.0 Å². The smallest absolute Gasteiger partial charge is 0.551 e. The molecular formula is C18H27AlLaO12. The van der Waals surface area contributed by atoms with Crippen LogP contribution in [0.15, 0.2) is 0 Å². The summed E-state index contributed by atoms with van der Waals surface area (Å²) in [6.45, 7) is 0. The molecule has 1 aliphatic rings. The van der Waals surface area contributed by atoms with Gasteiger partial charge in [-0.1, -0.05) is 0 Å². The van der Waals surface area contributed by atoms with Gasteiger partial charge in [0.05, 0.1) is 0 Å². The minimum Gasteiger partial charge on any atom is -0.551 e. The molecule has 12 nitrogen and oxygen atoms in total. The molecule has 32 heavy (non-hydrogen) atoms. The maximum absolute atomic E-state index is 11.5. The second kappa shape index (κ2) is 20.2. The van der Waals surface area contributed by atoms with Gasteiger partial charge in [-0.3, -0.25) is 28.8 Å². The van der Waals surface area contributed by atoms with Crippen LogP contribution < -0.4 is 0 Å².